The van der Waals surface area contributed by atoms with Crippen LogP contribution in [0.1, 0.15) is 17.3 Å². The molecule has 28 heavy (non-hydrogen) atoms. The van der Waals surface area contributed by atoms with Crippen LogP contribution in [0.25, 0.3) is 21.5 Å². The average Bonchev–Trinajstić information content (AvgIpc) is 2.70. The van der Waals surface area contributed by atoms with Gasteiger partial charge in [0, 0.05) is 5.57 Å². The number of carbonyl (C=O) groups excluding carboxylic acids is 2. The number of benzene rings is 3. The third-order valence-corrected chi connectivity index (χ3v) is 4.25. The molecule has 5 nitrogen and oxygen atoms in total. The number of rotatable bonds is 8. The monoisotopic (exact) mass is 378 g/mol. The molecule has 5 heteroatoms. The van der Waals surface area contributed by atoms with E-state index >= 15 is 0 Å². The van der Waals surface area contributed by atoms with Crippen molar-refractivity contribution >= 4 is 33.5 Å². The molecular weight excluding hydrogens is 356 g/mol. The summed E-state index contributed by atoms with van der Waals surface area (Å²) in [6.07, 6.45) is 0. The Labute approximate surface area is 163 Å². The van der Waals surface area contributed by atoms with Gasteiger partial charge in [0.05, 0.1) is 18.8 Å². The zero-order chi connectivity index (χ0) is 19.9. The highest BCUT2D eigenvalue weighted by Crippen LogP contribution is 2.29. The maximum atomic E-state index is 12.8. The van der Waals surface area contributed by atoms with E-state index in [-0.39, 0.29) is 32.4 Å². The van der Waals surface area contributed by atoms with Crippen LogP contribution in [0.15, 0.2) is 66.7 Å². The molecule has 0 atom stereocenters. The summed E-state index contributed by atoms with van der Waals surface area (Å²) in [6.45, 7) is 5.78. The van der Waals surface area contributed by atoms with Crippen LogP contribution in [0.4, 0.5) is 0 Å². The fourth-order valence-electron chi connectivity index (χ4n) is 2.92. The standard InChI is InChI=1S/C23H22O5/c1-16(2)22(24)27-13-11-26-12-14-28-23(25)21-19-9-5-3-7-17(19)15-18-8-4-6-10-20(18)21/h3-10,15H,1,11-14H2,2H3. The molecule has 0 saturated carbocycles. The summed E-state index contributed by atoms with van der Waals surface area (Å²) in [7, 11) is 0. The quantitative estimate of drug-likeness (QED) is 0.253. The fraction of sp³-hybridized carbons (Fsp3) is 0.217. The van der Waals surface area contributed by atoms with Crippen LogP contribution in [0, 0.1) is 0 Å². The van der Waals surface area contributed by atoms with E-state index in [2.05, 4.69) is 12.6 Å². The van der Waals surface area contributed by atoms with E-state index in [4.69, 9.17) is 14.2 Å². The van der Waals surface area contributed by atoms with E-state index in [1.807, 2.05) is 48.5 Å². The van der Waals surface area contributed by atoms with Crippen LogP contribution in [0.3, 0.4) is 0 Å². The molecule has 0 radical (unpaired) electrons. The van der Waals surface area contributed by atoms with Crippen molar-refractivity contribution in [2.24, 2.45) is 0 Å². The second-order valence-electron chi connectivity index (χ2n) is 6.36. The van der Waals surface area contributed by atoms with Crippen molar-refractivity contribution in [3.05, 3.63) is 72.3 Å². The first-order valence-electron chi connectivity index (χ1n) is 9.06. The van der Waals surface area contributed by atoms with Gasteiger partial charge in [-0.25, -0.2) is 9.59 Å². The molecule has 3 rings (SSSR count). The highest BCUT2D eigenvalue weighted by Gasteiger charge is 2.16. The van der Waals surface area contributed by atoms with Crippen LogP contribution in [-0.4, -0.2) is 38.4 Å². The van der Waals surface area contributed by atoms with Crippen molar-refractivity contribution in [2.45, 2.75) is 6.92 Å². The number of hydrogen-bond acceptors (Lipinski definition) is 5. The molecular formula is C23H22O5. The lowest BCUT2D eigenvalue weighted by molar-refractivity contribution is -0.140. The van der Waals surface area contributed by atoms with Crippen LogP contribution >= 0.6 is 0 Å². The smallest absolute Gasteiger partial charge is 0.339 e. The van der Waals surface area contributed by atoms with E-state index in [0.29, 0.717) is 11.1 Å². The minimum atomic E-state index is -0.446. The van der Waals surface area contributed by atoms with E-state index in [1.165, 1.54) is 0 Å². The molecule has 0 N–H and O–H groups in total. The lowest BCUT2D eigenvalue weighted by atomic mass is 9.97. The first-order valence-corrected chi connectivity index (χ1v) is 9.06. The third-order valence-electron chi connectivity index (χ3n) is 4.25. The molecule has 0 aliphatic rings. The first kappa shape index (κ1) is 19.6. The maximum absolute atomic E-state index is 12.8. The fourth-order valence-corrected chi connectivity index (χ4v) is 2.92. The molecule has 0 heterocycles. The highest BCUT2D eigenvalue weighted by atomic mass is 16.6. The summed E-state index contributed by atoms with van der Waals surface area (Å²) >= 11 is 0. The minimum Gasteiger partial charge on any atom is -0.460 e. The van der Waals surface area contributed by atoms with Crippen LogP contribution < -0.4 is 0 Å². The van der Waals surface area contributed by atoms with Gasteiger partial charge in [0.25, 0.3) is 0 Å². The van der Waals surface area contributed by atoms with Gasteiger partial charge < -0.3 is 14.2 Å². The topological polar surface area (TPSA) is 61.8 Å². The van der Waals surface area contributed by atoms with E-state index in [1.54, 1.807) is 6.92 Å². The first-order chi connectivity index (χ1) is 13.6. The van der Waals surface area contributed by atoms with E-state index in [0.717, 1.165) is 21.5 Å². The lowest BCUT2D eigenvalue weighted by Gasteiger charge is -2.11. The van der Waals surface area contributed by atoms with Gasteiger partial charge in [0.1, 0.15) is 13.2 Å². The predicted molar refractivity (Wildman–Crippen MR) is 108 cm³/mol. The van der Waals surface area contributed by atoms with Gasteiger partial charge in [-0.3, -0.25) is 0 Å². The molecule has 3 aromatic carbocycles. The summed E-state index contributed by atoms with van der Waals surface area (Å²) in [4.78, 5) is 24.0. The molecule has 3 aromatic rings. The van der Waals surface area contributed by atoms with Gasteiger partial charge in [0.2, 0.25) is 0 Å². The van der Waals surface area contributed by atoms with Crippen LogP contribution in [0.2, 0.25) is 0 Å². The SMILES string of the molecule is C=C(C)C(=O)OCCOCCOC(=O)c1c2ccccc2cc2ccccc12. The molecule has 0 unspecified atom stereocenters. The van der Waals surface area contributed by atoms with Crippen LogP contribution in [0.5, 0.6) is 0 Å². The molecule has 0 aromatic heterocycles. The normalized spacial score (nSPS) is 10.8. The Morgan fingerprint density at radius 1 is 0.821 bits per heavy atom. The molecule has 0 aliphatic carbocycles. The Balaban J connectivity index is 1.61. The zero-order valence-corrected chi connectivity index (χ0v) is 15.8. The van der Waals surface area contributed by atoms with Crippen molar-refractivity contribution < 1.29 is 23.8 Å². The Bertz CT molecular complexity index is 968. The number of hydrogen-bond donors (Lipinski definition) is 0. The second-order valence-corrected chi connectivity index (χ2v) is 6.36. The molecule has 0 saturated heterocycles. The number of esters is 2. The van der Waals surface area contributed by atoms with Crippen molar-refractivity contribution in [1.82, 2.24) is 0 Å². The van der Waals surface area contributed by atoms with Gasteiger partial charge in [-0.1, -0.05) is 55.1 Å². The molecule has 0 fully saturated rings. The van der Waals surface area contributed by atoms with Gasteiger partial charge >= 0.3 is 11.9 Å². The van der Waals surface area contributed by atoms with E-state index in [9.17, 15) is 9.59 Å². The minimum absolute atomic E-state index is 0.116. The largest absolute Gasteiger partial charge is 0.460 e. The molecule has 0 spiro atoms. The van der Waals surface area contributed by atoms with Crippen molar-refractivity contribution in [1.29, 1.82) is 0 Å². The summed E-state index contributed by atoms with van der Waals surface area (Å²) in [5.41, 5.74) is 0.903. The zero-order valence-electron chi connectivity index (χ0n) is 15.8. The Kier molecular flexibility index (Phi) is 6.40. The maximum Gasteiger partial charge on any atom is 0.339 e. The van der Waals surface area contributed by atoms with Gasteiger partial charge in [0.15, 0.2) is 0 Å². The number of fused-ring (bicyclic) bond motifs is 2. The second kappa shape index (κ2) is 9.15. The third kappa shape index (κ3) is 4.56. The molecule has 0 bridgehead atoms. The highest BCUT2D eigenvalue weighted by molar-refractivity contribution is 6.16. The number of ether oxygens (including phenoxy) is 3. The van der Waals surface area contributed by atoms with Gasteiger partial charge in [-0.15, -0.1) is 0 Å². The Morgan fingerprint density at radius 2 is 1.36 bits per heavy atom. The van der Waals surface area contributed by atoms with Gasteiger partial charge in [-0.05, 0) is 34.5 Å². The van der Waals surface area contributed by atoms with Crippen molar-refractivity contribution in [3.63, 3.8) is 0 Å². The molecule has 144 valence electrons. The summed E-state index contributed by atoms with van der Waals surface area (Å²) in [5, 5.41) is 3.70. The lowest BCUT2D eigenvalue weighted by Crippen LogP contribution is -2.15. The van der Waals surface area contributed by atoms with Crippen molar-refractivity contribution in [2.75, 3.05) is 26.4 Å². The summed E-state index contributed by atoms with van der Waals surface area (Å²) in [5.74, 6) is -0.830. The average molecular weight is 378 g/mol. The Morgan fingerprint density at radius 3 is 1.93 bits per heavy atom. The summed E-state index contributed by atoms with van der Waals surface area (Å²) in [6, 6.07) is 17.6. The van der Waals surface area contributed by atoms with Crippen molar-refractivity contribution in [3.8, 4) is 0 Å². The van der Waals surface area contributed by atoms with Crippen LogP contribution in [-0.2, 0) is 19.0 Å². The Hall–Kier alpha value is -3.18. The molecule has 0 amide bonds. The summed E-state index contributed by atoms with van der Waals surface area (Å²) < 4.78 is 15.7. The predicted octanol–water partition coefficient (Wildman–Crippen LogP) is 4.29. The van der Waals surface area contributed by atoms with E-state index < -0.39 is 5.97 Å². The number of carbonyl (C=O) groups is 2. The molecule has 0 aliphatic heterocycles. The van der Waals surface area contributed by atoms with Gasteiger partial charge in [-0.2, -0.15) is 0 Å².